The number of phenolic OH excluding ortho intramolecular Hbond substituents is 1. The summed E-state index contributed by atoms with van der Waals surface area (Å²) in [4.78, 5) is 0. The number of fused-ring (bicyclic) bond motifs is 1. The van der Waals surface area contributed by atoms with Crippen molar-refractivity contribution >= 4 is 23.2 Å². The minimum Gasteiger partial charge on any atom is -0.507 e. The van der Waals surface area contributed by atoms with E-state index in [4.69, 9.17) is 5.73 Å². The van der Waals surface area contributed by atoms with Gasteiger partial charge in [0.2, 0.25) is 0 Å². The van der Waals surface area contributed by atoms with Crippen molar-refractivity contribution in [2.75, 3.05) is 0 Å². The van der Waals surface area contributed by atoms with Gasteiger partial charge in [-0.25, -0.2) is 0 Å². The average Bonchev–Trinajstić information content (AvgIpc) is 3.14. The number of benzene rings is 2. The third-order valence-electron chi connectivity index (χ3n) is 3.62. The van der Waals surface area contributed by atoms with Crippen molar-refractivity contribution in [3.63, 3.8) is 0 Å². The molecule has 1 atom stereocenters. The number of phenols is 1. The van der Waals surface area contributed by atoms with Gasteiger partial charge in [-0.1, -0.05) is 43.2 Å². The number of halogens is 1. The van der Waals surface area contributed by atoms with Crippen LogP contribution < -0.4 is 5.73 Å². The molecule has 0 bridgehead atoms. The highest BCUT2D eigenvalue weighted by atomic mass is 35.5. The largest absolute Gasteiger partial charge is 0.507 e. The molecule has 0 unspecified atom stereocenters. The lowest BCUT2D eigenvalue weighted by atomic mass is 9.95. The van der Waals surface area contributed by atoms with E-state index in [0.29, 0.717) is 5.75 Å². The molecule has 0 saturated heterocycles. The van der Waals surface area contributed by atoms with Crippen molar-refractivity contribution in [2.24, 2.45) is 11.7 Å². The van der Waals surface area contributed by atoms with Gasteiger partial charge in [0.15, 0.2) is 0 Å². The molecule has 18 heavy (non-hydrogen) atoms. The van der Waals surface area contributed by atoms with Crippen LogP contribution >= 0.6 is 12.4 Å². The van der Waals surface area contributed by atoms with Crippen molar-refractivity contribution in [1.82, 2.24) is 0 Å². The second-order valence-corrected chi connectivity index (χ2v) is 5.01. The Morgan fingerprint density at radius 3 is 2.44 bits per heavy atom. The number of hydrogen-bond acceptors (Lipinski definition) is 2. The molecular weight excluding hydrogens is 246 g/mol. The average molecular weight is 264 g/mol. The van der Waals surface area contributed by atoms with Crippen LogP contribution in [0.4, 0.5) is 0 Å². The summed E-state index contributed by atoms with van der Waals surface area (Å²) in [5.74, 6) is 1.15. The van der Waals surface area contributed by atoms with Crippen LogP contribution in [0.5, 0.6) is 5.75 Å². The summed E-state index contributed by atoms with van der Waals surface area (Å²) in [5, 5.41) is 11.8. The Labute approximate surface area is 113 Å². The maximum absolute atomic E-state index is 9.83. The smallest absolute Gasteiger partial charge is 0.123 e. The Morgan fingerprint density at radius 1 is 1.11 bits per heavy atom. The predicted molar refractivity (Wildman–Crippen MR) is 77.1 cm³/mol. The molecule has 3 N–H and O–H groups in total. The van der Waals surface area contributed by atoms with Crippen LogP contribution in [0.15, 0.2) is 36.4 Å². The van der Waals surface area contributed by atoms with Gasteiger partial charge in [-0.2, -0.15) is 0 Å². The molecule has 0 aliphatic heterocycles. The fourth-order valence-electron chi connectivity index (χ4n) is 2.47. The standard InChI is InChI=1S/C15H17NO.ClH/c16-14(9-10-5-6-10)12-7-8-15(17)13-4-2-1-3-11(12)13;/h1-4,7-8,10,14,17H,5-6,9,16H2;1H/t14-;/m1./s1. The molecule has 2 nitrogen and oxygen atoms in total. The number of hydrogen-bond donors (Lipinski definition) is 2. The van der Waals surface area contributed by atoms with Gasteiger partial charge >= 0.3 is 0 Å². The van der Waals surface area contributed by atoms with Gasteiger partial charge in [-0.15, -0.1) is 12.4 Å². The first-order valence-electron chi connectivity index (χ1n) is 6.22. The normalized spacial score (nSPS) is 16.3. The van der Waals surface area contributed by atoms with E-state index in [1.165, 1.54) is 12.8 Å². The highest BCUT2D eigenvalue weighted by Crippen LogP contribution is 2.39. The molecule has 2 aromatic rings. The van der Waals surface area contributed by atoms with Crippen molar-refractivity contribution in [1.29, 1.82) is 0 Å². The maximum atomic E-state index is 9.83. The third kappa shape index (κ3) is 2.45. The van der Waals surface area contributed by atoms with Gasteiger partial charge in [-0.3, -0.25) is 0 Å². The molecule has 1 aliphatic carbocycles. The Bertz CT molecular complexity index is 551. The molecule has 0 spiro atoms. The number of aromatic hydroxyl groups is 1. The van der Waals surface area contributed by atoms with Gasteiger partial charge in [0.05, 0.1) is 0 Å². The van der Waals surface area contributed by atoms with Crippen molar-refractivity contribution in [2.45, 2.75) is 25.3 Å². The summed E-state index contributed by atoms with van der Waals surface area (Å²) in [6, 6.07) is 11.7. The first-order chi connectivity index (χ1) is 8.25. The summed E-state index contributed by atoms with van der Waals surface area (Å²) in [7, 11) is 0. The lowest BCUT2D eigenvalue weighted by Gasteiger charge is -2.15. The number of nitrogens with two attached hydrogens (primary N) is 1. The second kappa shape index (κ2) is 5.17. The molecule has 2 aromatic carbocycles. The highest BCUT2D eigenvalue weighted by Gasteiger charge is 2.25. The first-order valence-corrected chi connectivity index (χ1v) is 6.22. The van der Waals surface area contributed by atoms with Gasteiger partial charge < -0.3 is 10.8 Å². The van der Waals surface area contributed by atoms with Crippen LogP contribution in [0.2, 0.25) is 0 Å². The monoisotopic (exact) mass is 263 g/mol. The zero-order valence-electron chi connectivity index (χ0n) is 10.2. The predicted octanol–water partition coefficient (Wildman–Crippen LogP) is 3.77. The molecule has 3 rings (SSSR count). The fraction of sp³-hybridized carbons (Fsp3) is 0.333. The summed E-state index contributed by atoms with van der Waals surface area (Å²) >= 11 is 0. The summed E-state index contributed by atoms with van der Waals surface area (Å²) in [5.41, 5.74) is 7.43. The zero-order chi connectivity index (χ0) is 11.8. The van der Waals surface area contributed by atoms with Gasteiger partial charge in [0.25, 0.3) is 0 Å². The molecule has 1 fully saturated rings. The molecular formula is C15H18ClNO. The van der Waals surface area contributed by atoms with Crippen LogP contribution in [0.1, 0.15) is 30.9 Å². The molecule has 0 radical (unpaired) electrons. The van der Waals surface area contributed by atoms with Gasteiger partial charge in [0.1, 0.15) is 5.75 Å². The lowest BCUT2D eigenvalue weighted by Crippen LogP contribution is -2.11. The van der Waals surface area contributed by atoms with E-state index in [1.54, 1.807) is 6.07 Å². The Morgan fingerprint density at radius 2 is 1.78 bits per heavy atom. The van der Waals surface area contributed by atoms with Gasteiger partial charge in [-0.05, 0) is 29.4 Å². The Kier molecular flexibility index (Phi) is 3.79. The zero-order valence-corrected chi connectivity index (χ0v) is 11.0. The quantitative estimate of drug-likeness (QED) is 0.886. The Hall–Kier alpha value is -1.25. The highest BCUT2D eigenvalue weighted by molar-refractivity contribution is 5.91. The fourth-order valence-corrected chi connectivity index (χ4v) is 2.47. The van der Waals surface area contributed by atoms with Gasteiger partial charge in [0, 0.05) is 11.4 Å². The van der Waals surface area contributed by atoms with Crippen molar-refractivity contribution in [3.05, 3.63) is 42.0 Å². The lowest BCUT2D eigenvalue weighted by molar-refractivity contribution is 0.481. The topological polar surface area (TPSA) is 46.2 Å². The molecule has 96 valence electrons. The summed E-state index contributed by atoms with van der Waals surface area (Å²) in [6.45, 7) is 0. The van der Waals surface area contributed by atoms with E-state index < -0.39 is 0 Å². The van der Waals surface area contributed by atoms with E-state index in [-0.39, 0.29) is 18.4 Å². The van der Waals surface area contributed by atoms with E-state index in [2.05, 4.69) is 0 Å². The minimum atomic E-state index is 0. The second-order valence-electron chi connectivity index (χ2n) is 5.01. The van der Waals surface area contributed by atoms with Crippen molar-refractivity contribution < 1.29 is 5.11 Å². The van der Waals surface area contributed by atoms with E-state index in [1.807, 2.05) is 30.3 Å². The summed E-state index contributed by atoms with van der Waals surface area (Å²) in [6.07, 6.45) is 3.71. The maximum Gasteiger partial charge on any atom is 0.123 e. The summed E-state index contributed by atoms with van der Waals surface area (Å²) < 4.78 is 0. The molecule has 1 aliphatic rings. The van der Waals surface area contributed by atoms with Crippen LogP contribution in [0.25, 0.3) is 10.8 Å². The minimum absolute atomic E-state index is 0. The molecule has 1 saturated carbocycles. The SMILES string of the molecule is Cl.N[C@H](CC1CC1)c1ccc(O)c2ccccc12. The van der Waals surface area contributed by atoms with E-state index in [0.717, 1.165) is 28.7 Å². The molecule has 0 heterocycles. The van der Waals surface area contributed by atoms with Crippen LogP contribution in [-0.2, 0) is 0 Å². The van der Waals surface area contributed by atoms with E-state index >= 15 is 0 Å². The van der Waals surface area contributed by atoms with Crippen LogP contribution in [0, 0.1) is 5.92 Å². The molecule has 0 amide bonds. The van der Waals surface area contributed by atoms with Crippen molar-refractivity contribution in [3.8, 4) is 5.75 Å². The molecule has 0 aromatic heterocycles. The first kappa shape index (κ1) is 13.2. The van der Waals surface area contributed by atoms with E-state index in [9.17, 15) is 5.11 Å². The van der Waals surface area contributed by atoms with Crippen LogP contribution in [0.3, 0.4) is 0 Å². The third-order valence-corrected chi connectivity index (χ3v) is 3.62. The molecule has 3 heteroatoms. The Balaban J connectivity index is 0.00000120. The van der Waals surface area contributed by atoms with Crippen LogP contribution in [-0.4, -0.2) is 5.11 Å². The number of rotatable bonds is 3.